The van der Waals surface area contributed by atoms with Gasteiger partial charge in [0.2, 0.25) is 27.7 Å². The quantitative estimate of drug-likeness (QED) is 0.345. The molecule has 0 unspecified atom stereocenters. The second kappa shape index (κ2) is 15.4. The Hall–Kier alpha value is -3.15. The van der Waals surface area contributed by atoms with Crippen molar-refractivity contribution in [2.75, 3.05) is 57.8 Å². The van der Waals surface area contributed by atoms with Crippen LogP contribution in [0.1, 0.15) is 61.8 Å². The highest BCUT2D eigenvalue weighted by atomic mass is 32.2. The minimum Gasteiger partial charge on any atom is -0.369 e. The molecule has 3 saturated heterocycles. The monoisotopic (exact) mass is 753 g/mol. The predicted molar refractivity (Wildman–Crippen MR) is 186 cm³/mol. The number of carbonyl (C=O) groups excluding carboxylic acids is 3. The lowest BCUT2D eigenvalue weighted by Gasteiger charge is -2.36. The summed E-state index contributed by atoms with van der Waals surface area (Å²) in [7, 11) is -3.53. The first kappa shape index (κ1) is 37.6. The molecule has 17 heteroatoms. The molecule has 0 aliphatic carbocycles. The second-order valence-electron chi connectivity index (χ2n) is 14.0. The van der Waals surface area contributed by atoms with E-state index in [1.54, 1.807) is 4.90 Å². The molecule has 51 heavy (non-hydrogen) atoms. The molecule has 1 aromatic heterocycles. The molecule has 0 bridgehead atoms. The summed E-state index contributed by atoms with van der Waals surface area (Å²) in [5, 5.41) is 4.89. The van der Waals surface area contributed by atoms with Gasteiger partial charge in [-0.15, -0.1) is 11.8 Å². The molecular weight excluding hydrogens is 708 g/mol. The number of amides is 3. The Balaban J connectivity index is 1.18. The van der Waals surface area contributed by atoms with E-state index in [1.165, 1.54) is 16.4 Å². The van der Waals surface area contributed by atoms with E-state index in [4.69, 9.17) is 10.8 Å². The summed E-state index contributed by atoms with van der Waals surface area (Å²) in [5.41, 5.74) is 6.93. The van der Waals surface area contributed by atoms with Gasteiger partial charge in [0.1, 0.15) is 0 Å². The summed E-state index contributed by atoms with van der Waals surface area (Å²) >= 11 is 0.808. The Morgan fingerprint density at radius 2 is 1.73 bits per heavy atom. The average Bonchev–Trinajstić information content (AvgIpc) is 3.69. The highest BCUT2D eigenvalue weighted by molar-refractivity contribution is 8.00. The topological polar surface area (TPSA) is 142 Å². The van der Waals surface area contributed by atoms with Crippen molar-refractivity contribution in [1.82, 2.24) is 28.8 Å². The number of likely N-dealkylation sites (tertiary alicyclic amines) is 3. The highest BCUT2D eigenvalue weighted by Crippen LogP contribution is 2.40. The Morgan fingerprint density at radius 3 is 2.35 bits per heavy atom. The largest absolute Gasteiger partial charge is 0.417 e. The number of rotatable bonds is 11. The molecule has 4 aliphatic heterocycles. The number of thioether (sulfide) groups is 1. The van der Waals surface area contributed by atoms with Crippen LogP contribution in [0.15, 0.2) is 23.1 Å². The van der Waals surface area contributed by atoms with Crippen LogP contribution >= 0.6 is 11.8 Å². The number of fused-ring (bicyclic) bond motifs is 1. The smallest absolute Gasteiger partial charge is 0.369 e. The van der Waals surface area contributed by atoms with Crippen molar-refractivity contribution >= 4 is 39.5 Å². The van der Waals surface area contributed by atoms with Gasteiger partial charge in [0.25, 0.3) is 0 Å². The van der Waals surface area contributed by atoms with Gasteiger partial charge in [0.15, 0.2) is 0 Å². The van der Waals surface area contributed by atoms with Crippen molar-refractivity contribution in [3.63, 3.8) is 0 Å². The normalized spacial score (nSPS) is 20.3. The van der Waals surface area contributed by atoms with Crippen LogP contribution in [0.5, 0.6) is 0 Å². The Kier molecular flexibility index (Phi) is 11.4. The third-order valence-electron chi connectivity index (χ3n) is 10.7. The molecule has 2 aromatic rings. The first-order valence-corrected chi connectivity index (χ1v) is 20.5. The van der Waals surface area contributed by atoms with Crippen LogP contribution in [0.2, 0.25) is 0 Å². The number of aromatic nitrogens is 2. The summed E-state index contributed by atoms with van der Waals surface area (Å²) in [4.78, 5) is 42.6. The van der Waals surface area contributed by atoms with Crippen LogP contribution in [0.25, 0.3) is 11.3 Å². The van der Waals surface area contributed by atoms with Gasteiger partial charge >= 0.3 is 6.18 Å². The maximum atomic E-state index is 14.2. The van der Waals surface area contributed by atoms with Gasteiger partial charge in [-0.3, -0.25) is 19.1 Å². The van der Waals surface area contributed by atoms with Crippen molar-refractivity contribution < 1.29 is 36.0 Å². The lowest BCUT2D eigenvalue weighted by atomic mass is 9.96. The van der Waals surface area contributed by atoms with E-state index in [-0.39, 0.29) is 41.5 Å². The van der Waals surface area contributed by atoms with Crippen molar-refractivity contribution in [1.29, 1.82) is 0 Å². The molecule has 280 valence electrons. The summed E-state index contributed by atoms with van der Waals surface area (Å²) in [6.07, 6.45) is 2.01. The number of piperidine rings is 2. The van der Waals surface area contributed by atoms with Gasteiger partial charge < -0.3 is 20.4 Å². The summed E-state index contributed by atoms with van der Waals surface area (Å²) < 4.78 is 70.9. The summed E-state index contributed by atoms with van der Waals surface area (Å²) in [5.74, 6) is -1.01. The average molecular weight is 754 g/mol. The van der Waals surface area contributed by atoms with E-state index in [2.05, 4.69) is 4.90 Å². The number of hydrogen-bond donors (Lipinski definition) is 1. The molecule has 0 saturated carbocycles. The zero-order valence-corrected chi connectivity index (χ0v) is 30.5. The van der Waals surface area contributed by atoms with Crippen LogP contribution in [-0.2, 0) is 50.1 Å². The van der Waals surface area contributed by atoms with E-state index < -0.39 is 27.7 Å². The number of benzene rings is 1. The van der Waals surface area contributed by atoms with E-state index in [9.17, 15) is 36.0 Å². The van der Waals surface area contributed by atoms with Crippen molar-refractivity contribution in [3.8, 4) is 11.3 Å². The van der Waals surface area contributed by atoms with Crippen LogP contribution < -0.4 is 5.73 Å². The van der Waals surface area contributed by atoms with Gasteiger partial charge in [0, 0.05) is 98.9 Å². The van der Waals surface area contributed by atoms with Gasteiger partial charge in [-0.2, -0.15) is 22.6 Å². The van der Waals surface area contributed by atoms with Crippen LogP contribution in [0.4, 0.5) is 13.2 Å². The second-order valence-corrected chi connectivity index (χ2v) is 17.0. The number of nitrogens with zero attached hydrogens (tertiary/aromatic N) is 6. The molecule has 0 atom stereocenters. The predicted octanol–water partition coefficient (Wildman–Crippen LogP) is 3.18. The fourth-order valence-electron chi connectivity index (χ4n) is 7.79. The van der Waals surface area contributed by atoms with Crippen LogP contribution in [0, 0.1) is 5.92 Å². The summed E-state index contributed by atoms with van der Waals surface area (Å²) in [6, 6.07) is 4.08. The molecule has 12 nitrogen and oxygen atoms in total. The molecular formula is C34H46F3N7O5S2. The van der Waals surface area contributed by atoms with Gasteiger partial charge in [-0.1, -0.05) is 6.07 Å². The molecule has 2 N–H and O–H groups in total. The lowest BCUT2D eigenvalue weighted by Crippen LogP contribution is -2.45. The molecule has 1 aromatic carbocycles. The van der Waals surface area contributed by atoms with Gasteiger partial charge in [-0.25, -0.2) is 8.42 Å². The van der Waals surface area contributed by atoms with E-state index >= 15 is 0 Å². The maximum Gasteiger partial charge on any atom is 0.417 e. The van der Waals surface area contributed by atoms with E-state index in [0.717, 1.165) is 81.6 Å². The zero-order valence-electron chi connectivity index (χ0n) is 28.9. The molecule has 4 aliphatic rings. The fraction of sp³-hybridized carbons (Fsp3) is 0.647. The van der Waals surface area contributed by atoms with E-state index in [0.29, 0.717) is 68.2 Å². The van der Waals surface area contributed by atoms with Crippen LogP contribution in [-0.4, -0.2) is 119 Å². The fourth-order valence-corrected chi connectivity index (χ4v) is 9.58. The van der Waals surface area contributed by atoms with Gasteiger partial charge in [-0.05, 0) is 57.2 Å². The maximum absolute atomic E-state index is 14.2. The number of alkyl halides is 3. The van der Waals surface area contributed by atoms with Crippen molar-refractivity contribution in [3.05, 3.63) is 35.0 Å². The Morgan fingerprint density at radius 1 is 1.00 bits per heavy atom. The number of carbonyl (C=O) groups is 3. The van der Waals surface area contributed by atoms with Crippen molar-refractivity contribution in [2.24, 2.45) is 11.7 Å². The van der Waals surface area contributed by atoms with Crippen LogP contribution in [0.3, 0.4) is 0 Å². The van der Waals surface area contributed by atoms with Crippen molar-refractivity contribution in [2.45, 2.75) is 81.6 Å². The number of primary amides is 1. The zero-order chi connectivity index (χ0) is 36.5. The minimum absolute atomic E-state index is 0.0650. The SMILES string of the molecule is CS(=O)(=O)N1CCc2c(c(-c3ccc(C(F)(F)F)c(SCC(=O)N4CCC(C(N)=O)CC4)c3)nn2CCCN2CCC(N3CCCC3=O)CC2)C1. The number of halogens is 3. The summed E-state index contributed by atoms with van der Waals surface area (Å²) in [6.45, 7) is 5.03. The number of sulfonamides is 1. The molecule has 0 radical (unpaired) electrons. The minimum atomic E-state index is -4.66. The molecule has 6 rings (SSSR count). The van der Waals surface area contributed by atoms with E-state index in [1.807, 2.05) is 9.58 Å². The number of nitrogens with two attached hydrogens (primary N) is 1. The Labute approximate surface area is 300 Å². The first-order valence-electron chi connectivity index (χ1n) is 17.7. The molecule has 3 amide bonds. The number of aryl methyl sites for hydroxylation is 1. The van der Waals surface area contributed by atoms with Gasteiger partial charge in [0.05, 0.1) is 23.3 Å². The molecule has 5 heterocycles. The first-order chi connectivity index (χ1) is 24.2. The third kappa shape index (κ3) is 8.74. The standard InChI is InChI=1S/C34H46F3N7O5S2/c1-51(48,49)42-19-11-28-26(21-42)32(39-44(28)14-3-12-40-15-9-25(10-16-40)43-13-2-4-30(43)45)24-5-6-27(34(35,36)37)29(20-24)50-22-31(46)41-17-7-23(8-18-41)33(38)47/h5-6,20,23,25H,2-4,7-19,21-22H2,1H3,(H2,38,47). The third-order valence-corrected chi connectivity index (χ3v) is 13.0. The lowest BCUT2D eigenvalue weighted by molar-refractivity contribution is -0.139. The molecule has 0 spiro atoms. The molecule has 3 fully saturated rings. The number of hydrogen-bond acceptors (Lipinski definition) is 8. The Bertz CT molecular complexity index is 1740. The highest BCUT2D eigenvalue weighted by Gasteiger charge is 2.36.